The number of carbonyl (C=O) groups excluding carboxylic acids is 1. The Morgan fingerprint density at radius 1 is 1.48 bits per heavy atom. The third-order valence-corrected chi connectivity index (χ3v) is 4.10. The van der Waals surface area contributed by atoms with Gasteiger partial charge >= 0.3 is 6.18 Å². The van der Waals surface area contributed by atoms with Crippen molar-refractivity contribution in [3.8, 4) is 0 Å². The smallest absolute Gasteiger partial charge is 0.353 e. The lowest BCUT2D eigenvalue weighted by Gasteiger charge is -2.17. The SMILES string of the molecule is C[C@H](C(=O)NCCN(C)C)n1nc(C(F)(F)F)c(Cl)c1C1CC1. The van der Waals surface area contributed by atoms with E-state index >= 15 is 0 Å². The minimum Gasteiger partial charge on any atom is -0.353 e. The maximum Gasteiger partial charge on any atom is 0.436 e. The van der Waals surface area contributed by atoms with Crippen molar-refractivity contribution in [3.05, 3.63) is 16.4 Å². The molecule has 0 radical (unpaired) electrons. The van der Waals surface area contributed by atoms with Gasteiger partial charge in [-0.25, -0.2) is 0 Å². The number of nitrogens with one attached hydrogen (secondary N) is 1. The molecule has 1 fully saturated rings. The van der Waals surface area contributed by atoms with E-state index in [0.717, 1.165) is 17.5 Å². The summed E-state index contributed by atoms with van der Waals surface area (Å²) in [6.45, 7) is 2.58. The van der Waals surface area contributed by atoms with Crippen LogP contribution in [-0.2, 0) is 11.0 Å². The fourth-order valence-corrected chi connectivity index (χ4v) is 2.67. The van der Waals surface area contributed by atoms with Crippen LogP contribution < -0.4 is 5.32 Å². The molecule has 9 heteroatoms. The number of rotatable bonds is 6. The predicted octanol–water partition coefficient (Wildman–Crippen LogP) is 2.67. The Hall–Kier alpha value is -1.28. The van der Waals surface area contributed by atoms with Crippen LogP contribution in [0.3, 0.4) is 0 Å². The van der Waals surface area contributed by atoms with Crippen LogP contribution in [0.4, 0.5) is 13.2 Å². The van der Waals surface area contributed by atoms with Crippen molar-refractivity contribution in [2.45, 2.75) is 37.9 Å². The number of amides is 1. The van der Waals surface area contributed by atoms with Crippen LogP contribution in [-0.4, -0.2) is 47.8 Å². The average Bonchev–Trinajstić information content (AvgIpc) is 3.19. The molecule has 1 aliphatic rings. The second-order valence-corrected chi connectivity index (χ2v) is 6.41. The van der Waals surface area contributed by atoms with E-state index in [4.69, 9.17) is 11.6 Å². The molecule has 0 bridgehead atoms. The monoisotopic (exact) mass is 352 g/mol. The van der Waals surface area contributed by atoms with Crippen molar-refractivity contribution < 1.29 is 18.0 Å². The Bertz CT molecular complexity index is 581. The van der Waals surface area contributed by atoms with Crippen LogP contribution in [0.5, 0.6) is 0 Å². The van der Waals surface area contributed by atoms with Gasteiger partial charge in [0.2, 0.25) is 5.91 Å². The second-order valence-electron chi connectivity index (χ2n) is 6.03. The van der Waals surface area contributed by atoms with Crippen LogP contribution in [0, 0.1) is 0 Å². The van der Waals surface area contributed by atoms with Gasteiger partial charge in [-0.1, -0.05) is 11.6 Å². The van der Waals surface area contributed by atoms with Crippen molar-refractivity contribution >= 4 is 17.5 Å². The zero-order valence-corrected chi connectivity index (χ0v) is 14.0. The molecular weight excluding hydrogens is 333 g/mol. The van der Waals surface area contributed by atoms with Gasteiger partial charge in [0.25, 0.3) is 0 Å². The number of likely N-dealkylation sites (N-methyl/N-ethyl adjacent to an activating group) is 1. The van der Waals surface area contributed by atoms with E-state index < -0.39 is 17.9 Å². The number of hydrogen-bond donors (Lipinski definition) is 1. The maximum absolute atomic E-state index is 13.0. The van der Waals surface area contributed by atoms with Crippen LogP contribution in [0.15, 0.2) is 0 Å². The molecule has 1 aromatic heterocycles. The summed E-state index contributed by atoms with van der Waals surface area (Å²) in [6.07, 6.45) is -3.11. The molecule has 5 nitrogen and oxygen atoms in total. The van der Waals surface area contributed by atoms with E-state index in [0.29, 0.717) is 18.8 Å². The first-order chi connectivity index (χ1) is 10.6. The van der Waals surface area contributed by atoms with Crippen molar-refractivity contribution in [2.24, 2.45) is 0 Å². The predicted molar refractivity (Wildman–Crippen MR) is 80.5 cm³/mol. The topological polar surface area (TPSA) is 50.2 Å². The summed E-state index contributed by atoms with van der Waals surface area (Å²) in [5.74, 6) is -0.426. The summed E-state index contributed by atoms with van der Waals surface area (Å²) in [5, 5.41) is 5.91. The molecule has 130 valence electrons. The Kier molecular flexibility index (Phi) is 5.25. The first-order valence-electron chi connectivity index (χ1n) is 7.40. The van der Waals surface area contributed by atoms with Gasteiger partial charge in [0, 0.05) is 19.0 Å². The molecule has 2 rings (SSSR count). The number of halogens is 4. The van der Waals surface area contributed by atoms with Crippen LogP contribution in [0.25, 0.3) is 0 Å². The second kappa shape index (κ2) is 6.68. The molecule has 1 aliphatic carbocycles. The summed E-state index contributed by atoms with van der Waals surface area (Å²) in [6, 6.07) is -0.846. The number of nitrogens with zero attached hydrogens (tertiary/aromatic N) is 3. The largest absolute Gasteiger partial charge is 0.436 e. The molecule has 0 aromatic carbocycles. The first-order valence-corrected chi connectivity index (χ1v) is 7.78. The standard InChI is InChI=1S/C14H20ClF3N4O/c1-8(13(23)19-6-7-21(2)3)22-11(9-4-5-9)10(15)12(20-22)14(16,17)18/h8-9H,4-7H2,1-3H3,(H,19,23)/t8-/m1/s1. The molecule has 1 aromatic rings. The highest BCUT2D eigenvalue weighted by Crippen LogP contribution is 2.47. The molecule has 0 aliphatic heterocycles. The molecule has 0 spiro atoms. The molecule has 0 unspecified atom stereocenters. The number of alkyl halides is 3. The van der Waals surface area contributed by atoms with Gasteiger partial charge in [-0.3, -0.25) is 9.48 Å². The molecule has 1 heterocycles. The van der Waals surface area contributed by atoms with Gasteiger partial charge < -0.3 is 10.2 Å². The summed E-state index contributed by atoms with van der Waals surface area (Å²) >= 11 is 5.90. The maximum atomic E-state index is 13.0. The van der Waals surface area contributed by atoms with E-state index in [1.165, 1.54) is 6.92 Å². The van der Waals surface area contributed by atoms with Crippen molar-refractivity contribution in [1.82, 2.24) is 20.0 Å². The van der Waals surface area contributed by atoms with E-state index in [-0.39, 0.29) is 16.8 Å². The van der Waals surface area contributed by atoms with Gasteiger partial charge in [0.1, 0.15) is 6.04 Å². The normalized spacial score (nSPS) is 16.7. The minimum atomic E-state index is -4.63. The molecule has 1 N–H and O–H groups in total. The highest BCUT2D eigenvalue weighted by atomic mass is 35.5. The molecular formula is C14H20ClF3N4O. The van der Waals surface area contributed by atoms with Crippen molar-refractivity contribution in [2.75, 3.05) is 27.2 Å². The van der Waals surface area contributed by atoms with Gasteiger partial charge in [0.05, 0.1) is 10.7 Å². The van der Waals surface area contributed by atoms with Crippen molar-refractivity contribution in [3.63, 3.8) is 0 Å². The summed E-state index contributed by atoms with van der Waals surface area (Å²) in [4.78, 5) is 14.1. The fraction of sp³-hybridized carbons (Fsp3) is 0.714. The third kappa shape index (κ3) is 4.17. The first kappa shape index (κ1) is 18.1. The Balaban J connectivity index is 2.22. The summed E-state index contributed by atoms with van der Waals surface area (Å²) in [7, 11) is 3.73. The molecule has 1 amide bonds. The van der Waals surface area contributed by atoms with Crippen LogP contribution in [0.1, 0.15) is 43.1 Å². The summed E-state index contributed by atoms with van der Waals surface area (Å²) < 4.78 is 40.2. The quantitative estimate of drug-likeness (QED) is 0.856. The number of aromatic nitrogens is 2. The summed E-state index contributed by atoms with van der Waals surface area (Å²) in [5.41, 5.74) is -0.803. The van der Waals surface area contributed by atoms with Crippen LogP contribution in [0.2, 0.25) is 5.02 Å². The third-order valence-electron chi connectivity index (χ3n) is 3.72. The molecule has 23 heavy (non-hydrogen) atoms. The highest BCUT2D eigenvalue weighted by molar-refractivity contribution is 6.32. The minimum absolute atomic E-state index is 0.0527. The Labute approximate surface area is 137 Å². The Morgan fingerprint density at radius 2 is 2.09 bits per heavy atom. The highest BCUT2D eigenvalue weighted by Gasteiger charge is 2.43. The fourth-order valence-electron chi connectivity index (χ4n) is 2.29. The average molecular weight is 353 g/mol. The van der Waals surface area contributed by atoms with Gasteiger partial charge in [-0.05, 0) is 33.9 Å². The lowest BCUT2D eigenvalue weighted by Crippen LogP contribution is -2.36. The van der Waals surface area contributed by atoms with Gasteiger partial charge in [0.15, 0.2) is 5.69 Å². The van der Waals surface area contributed by atoms with E-state index in [1.54, 1.807) is 0 Å². The molecule has 1 saturated carbocycles. The van der Waals surface area contributed by atoms with E-state index in [9.17, 15) is 18.0 Å². The van der Waals surface area contributed by atoms with Gasteiger partial charge in [-0.2, -0.15) is 18.3 Å². The van der Waals surface area contributed by atoms with E-state index in [1.807, 2.05) is 19.0 Å². The van der Waals surface area contributed by atoms with Gasteiger partial charge in [-0.15, -0.1) is 0 Å². The number of carbonyl (C=O) groups is 1. The zero-order chi connectivity index (χ0) is 17.4. The van der Waals surface area contributed by atoms with E-state index in [2.05, 4.69) is 10.4 Å². The lowest BCUT2D eigenvalue weighted by atomic mass is 10.2. The molecule has 1 atom stereocenters. The molecule has 0 saturated heterocycles. The lowest BCUT2D eigenvalue weighted by molar-refractivity contribution is -0.141. The van der Waals surface area contributed by atoms with Crippen LogP contribution >= 0.6 is 11.6 Å². The number of hydrogen-bond acceptors (Lipinski definition) is 3. The van der Waals surface area contributed by atoms with Crippen molar-refractivity contribution in [1.29, 1.82) is 0 Å². The Morgan fingerprint density at radius 3 is 2.57 bits per heavy atom. The zero-order valence-electron chi connectivity index (χ0n) is 13.2.